The first-order chi connectivity index (χ1) is 15.0. The molecule has 0 bridgehead atoms. The normalized spacial score (nSPS) is 13.2. The van der Waals surface area contributed by atoms with Crippen molar-refractivity contribution in [2.45, 2.75) is 24.8 Å². The Labute approximate surface area is 180 Å². The molecule has 0 saturated carbocycles. The molecule has 1 aliphatic rings. The Morgan fingerprint density at radius 1 is 0.903 bits per heavy atom. The number of hydrogen-bond donors (Lipinski definition) is 3. The number of rotatable bonds is 7. The van der Waals surface area contributed by atoms with Gasteiger partial charge in [-0.1, -0.05) is 60.7 Å². The van der Waals surface area contributed by atoms with Crippen molar-refractivity contribution in [1.82, 2.24) is 5.32 Å². The minimum Gasteiger partial charge on any atom is -0.508 e. The number of carboxylic acids is 1. The number of aromatic hydroxyl groups is 1. The molecule has 3 N–H and O–H groups in total. The number of ether oxygens (including phenoxy) is 1. The summed E-state index contributed by atoms with van der Waals surface area (Å²) in [6, 6.07) is 22.0. The first-order valence-electron chi connectivity index (χ1n) is 10.1. The average molecular weight is 417 g/mol. The monoisotopic (exact) mass is 417 g/mol. The fourth-order valence-corrected chi connectivity index (χ4v) is 4.11. The molecule has 0 fully saturated rings. The molecule has 0 aliphatic heterocycles. The highest BCUT2D eigenvalue weighted by atomic mass is 16.5. The predicted octanol–water partition coefficient (Wildman–Crippen LogP) is 4.32. The van der Waals surface area contributed by atoms with Gasteiger partial charge in [-0.15, -0.1) is 0 Å². The zero-order valence-corrected chi connectivity index (χ0v) is 16.8. The van der Waals surface area contributed by atoms with Gasteiger partial charge in [0.2, 0.25) is 0 Å². The lowest BCUT2D eigenvalue weighted by molar-refractivity contribution is -0.137. The van der Waals surface area contributed by atoms with E-state index in [0.29, 0.717) is 6.42 Å². The fourth-order valence-electron chi connectivity index (χ4n) is 4.11. The molecule has 1 atom stereocenters. The number of aliphatic carboxylic acids is 1. The number of carboxylic acid groups (broad SMARTS) is 1. The van der Waals surface area contributed by atoms with Crippen LogP contribution in [-0.2, 0) is 16.0 Å². The van der Waals surface area contributed by atoms with Crippen LogP contribution in [0, 0.1) is 0 Å². The quantitative estimate of drug-likeness (QED) is 0.532. The molecule has 0 unspecified atom stereocenters. The number of fused-ring (bicyclic) bond motifs is 3. The molecule has 6 heteroatoms. The van der Waals surface area contributed by atoms with Crippen molar-refractivity contribution in [3.8, 4) is 16.9 Å². The van der Waals surface area contributed by atoms with Crippen LogP contribution in [0.15, 0.2) is 72.8 Å². The highest BCUT2D eigenvalue weighted by Gasteiger charge is 2.29. The van der Waals surface area contributed by atoms with Gasteiger partial charge >= 0.3 is 12.1 Å². The molecule has 0 radical (unpaired) electrons. The zero-order chi connectivity index (χ0) is 21.8. The highest BCUT2D eigenvalue weighted by molar-refractivity contribution is 5.79. The topological polar surface area (TPSA) is 95.9 Å². The second kappa shape index (κ2) is 8.92. The van der Waals surface area contributed by atoms with Crippen LogP contribution < -0.4 is 5.32 Å². The maximum absolute atomic E-state index is 12.5. The lowest BCUT2D eigenvalue weighted by Gasteiger charge is -2.19. The van der Waals surface area contributed by atoms with Crippen LogP contribution in [0.3, 0.4) is 0 Å². The summed E-state index contributed by atoms with van der Waals surface area (Å²) in [5, 5.41) is 21.3. The van der Waals surface area contributed by atoms with Crippen LogP contribution in [0.1, 0.15) is 29.0 Å². The Hall–Kier alpha value is -3.80. The molecule has 31 heavy (non-hydrogen) atoms. The van der Waals surface area contributed by atoms with Crippen molar-refractivity contribution in [2.24, 2.45) is 0 Å². The Morgan fingerprint density at radius 2 is 1.48 bits per heavy atom. The van der Waals surface area contributed by atoms with Crippen LogP contribution in [0.5, 0.6) is 5.75 Å². The molecule has 6 nitrogen and oxygen atoms in total. The van der Waals surface area contributed by atoms with E-state index < -0.39 is 18.1 Å². The number of alkyl carbamates (subject to hydrolysis) is 1. The van der Waals surface area contributed by atoms with Crippen LogP contribution in [0.4, 0.5) is 4.79 Å². The first-order valence-corrected chi connectivity index (χ1v) is 10.1. The Kier molecular flexibility index (Phi) is 5.89. The summed E-state index contributed by atoms with van der Waals surface area (Å²) in [5.41, 5.74) is 5.32. The molecule has 1 amide bonds. The summed E-state index contributed by atoms with van der Waals surface area (Å²) in [7, 11) is 0. The van der Waals surface area contributed by atoms with Crippen LogP contribution in [0.25, 0.3) is 11.1 Å². The van der Waals surface area contributed by atoms with Gasteiger partial charge in [0.05, 0.1) is 6.42 Å². The number of hydrogen-bond acceptors (Lipinski definition) is 4. The Bertz CT molecular complexity index is 1050. The van der Waals surface area contributed by atoms with E-state index in [1.165, 1.54) is 12.1 Å². The third-order valence-electron chi connectivity index (χ3n) is 5.51. The number of phenols is 1. The largest absolute Gasteiger partial charge is 0.508 e. The lowest BCUT2D eigenvalue weighted by atomic mass is 9.98. The number of carbonyl (C=O) groups is 2. The van der Waals surface area contributed by atoms with E-state index in [1.807, 2.05) is 36.4 Å². The summed E-state index contributed by atoms with van der Waals surface area (Å²) in [4.78, 5) is 23.7. The number of amides is 1. The van der Waals surface area contributed by atoms with Crippen molar-refractivity contribution in [2.75, 3.05) is 6.61 Å². The Balaban J connectivity index is 1.42. The van der Waals surface area contributed by atoms with Gasteiger partial charge in [-0.25, -0.2) is 4.79 Å². The average Bonchev–Trinajstić information content (AvgIpc) is 3.07. The SMILES string of the molecule is O=C(O)C[C@H](Cc1ccc(O)cc1)NC(=O)OCC1c2ccccc2-c2ccccc21. The minimum absolute atomic E-state index is 0.0619. The van der Waals surface area contributed by atoms with E-state index in [2.05, 4.69) is 17.4 Å². The van der Waals surface area contributed by atoms with Gasteiger partial charge in [0.1, 0.15) is 12.4 Å². The van der Waals surface area contributed by atoms with Crippen molar-refractivity contribution in [1.29, 1.82) is 0 Å². The zero-order valence-electron chi connectivity index (χ0n) is 16.8. The predicted molar refractivity (Wildman–Crippen MR) is 116 cm³/mol. The molecule has 3 aromatic carbocycles. The van der Waals surface area contributed by atoms with Crippen LogP contribution in [-0.4, -0.2) is 34.9 Å². The number of nitrogens with one attached hydrogen (secondary N) is 1. The third-order valence-corrected chi connectivity index (χ3v) is 5.51. The number of phenolic OH excluding ortho intramolecular Hbond substituents is 1. The number of carbonyl (C=O) groups excluding carboxylic acids is 1. The molecular formula is C25H23NO5. The van der Waals surface area contributed by atoms with Gasteiger partial charge in [0.15, 0.2) is 0 Å². The second-order valence-corrected chi connectivity index (χ2v) is 7.64. The molecule has 0 spiro atoms. The molecule has 3 aromatic rings. The maximum atomic E-state index is 12.5. The van der Waals surface area contributed by atoms with Crippen LogP contribution >= 0.6 is 0 Å². The van der Waals surface area contributed by atoms with E-state index >= 15 is 0 Å². The fraction of sp³-hybridized carbons (Fsp3) is 0.200. The van der Waals surface area contributed by atoms with Gasteiger partial charge in [0, 0.05) is 12.0 Å². The van der Waals surface area contributed by atoms with E-state index in [1.54, 1.807) is 12.1 Å². The van der Waals surface area contributed by atoms with Crippen molar-refractivity contribution < 1.29 is 24.5 Å². The molecular weight excluding hydrogens is 394 g/mol. The van der Waals surface area contributed by atoms with E-state index in [9.17, 15) is 19.8 Å². The Morgan fingerprint density at radius 3 is 2.06 bits per heavy atom. The molecule has 0 saturated heterocycles. The smallest absolute Gasteiger partial charge is 0.407 e. The standard InChI is InChI=1S/C25H23NO5/c27-18-11-9-16(10-12-18)13-17(14-24(28)29)26-25(30)31-15-23-21-7-3-1-5-19(21)20-6-2-4-8-22(20)23/h1-12,17,23,27H,13-15H2,(H,26,30)(H,28,29)/t17-/m0/s1. The lowest BCUT2D eigenvalue weighted by Crippen LogP contribution is -2.39. The van der Waals surface area contributed by atoms with Gasteiger partial charge in [-0.2, -0.15) is 0 Å². The molecule has 0 aromatic heterocycles. The first kappa shape index (κ1) is 20.5. The van der Waals surface area contributed by atoms with Crippen molar-refractivity contribution in [3.05, 3.63) is 89.5 Å². The second-order valence-electron chi connectivity index (χ2n) is 7.64. The summed E-state index contributed by atoms with van der Waals surface area (Å²) in [5.74, 6) is -0.945. The van der Waals surface area contributed by atoms with Gasteiger partial charge in [-0.05, 0) is 46.4 Å². The van der Waals surface area contributed by atoms with Crippen molar-refractivity contribution in [3.63, 3.8) is 0 Å². The summed E-state index contributed by atoms with van der Waals surface area (Å²) >= 11 is 0. The van der Waals surface area contributed by atoms with E-state index in [4.69, 9.17) is 4.74 Å². The molecule has 158 valence electrons. The molecule has 1 aliphatic carbocycles. The summed E-state index contributed by atoms with van der Waals surface area (Å²) < 4.78 is 5.53. The third kappa shape index (κ3) is 4.69. The summed E-state index contributed by atoms with van der Waals surface area (Å²) in [6.45, 7) is 0.166. The van der Waals surface area contributed by atoms with Gasteiger partial charge in [0.25, 0.3) is 0 Å². The summed E-state index contributed by atoms with van der Waals surface area (Å²) in [6.07, 6.45) is -0.561. The molecule has 0 heterocycles. The highest BCUT2D eigenvalue weighted by Crippen LogP contribution is 2.44. The van der Waals surface area contributed by atoms with E-state index in [0.717, 1.165) is 27.8 Å². The van der Waals surface area contributed by atoms with E-state index in [-0.39, 0.29) is 24.7 Å². The number of benzene rings is 3. The maximum Gasteiger partial charge on any atom is 0.407 e. The van der Waals surface area contributed by atoms with Gasteiger partial charge < -0.3 is 20.3 Å². The minimum atomic E-state index is -1.01. The van der Waals surface area contributed by atoms with Crippen LogP contribution in [0.2, 0.25) is 0 Å². The van der Waals surface area contributed by atoms with Gasteiger partial charge in [-0.3, -0.25) is 4.79 Å². The van der Waals surface area contributed by atoms with Crippen molar-refractivity contribution >= 4 is 12.1 Å². The molecule has 4 rings (SSSR count).